The third-order valence-corrected chi connectivity index (χ3v) is 4.02. The molecule has 0 N–H and O–H groups in total. The van der Waals surface area contributed by atoms with E-state index in [1.807, 2.05) is 0 Å². The van der Waals surface area contributed by atoms with Crippen LogP contribution in [0.15, 0.2) is 18.2 Å². The molecule has 0 spiro atoms. The molecule has 2 rings (SSSR count). The second kappa shape index (κ2) is 6.73. The first kappa shape index (κ1) is 14.8. The third-order valence-electron chi connectivity index (χ3n) is 4.02. The number of esters is 1. The van der Waals surface area contributed by atoms with Crippen LogP contribution in [0, 0.1) is 11.7 Å². The van der Waals surface area contributed by atoms with E-state index in [1.54, 1.807) is 6.07 Å². The molecule has 110 valence electrons. The summed E-state index contributed by atoms with van der Waals surface area (Å²) in [6.45, 7) is 2.10. The van der Waals surface area contributed by atoms with Gasteiger partial charge in [0.1, 0.15) is 17.7 Å². The summed E-state index contributed by atoms with van der Waals surface area (Å²) in [7, 11) is 1.46. The van der Waals surface area contributed by atoms with Crippen LogP contribution in [-0.2, 0) is 4.74 Å². The van der Waals surface area contributed by atoms with Crippen LogP contribution in [0.2, 0.25) is 0 Å². The summed E-state index contributed by atoms with van der Waals surface area (Å²) in [5.41, 5.74) is -0.0220. The second-order valence-electron chi connectivity index (χ2n) is 5.24. The first-order valence-electron chi connectivity index (χ1n) is 7.20. The maximum absolute atomic E-state index is 13.8. The van der Waals surface area contributed by atoms with Crippen LogP contribution in [0.1, 0.15) is 49.4 Å². The fourth-order valence-corrected chi connectivity index (χ4v) is 2.79. The van der Waals surface area contributed by atoms with Crippen LogP contribution in [0.25, 0.3) is 0 Å². The van der Waals surface area contributed by atoms with Crippen LogP contribution in [0.5, 0.6) is 5.75 Å². The molecule has 0 aromatic heterocycles. The van der Waals surface area contributed by atoms with Crippen molar-refractivity contribution in [2.45, 2.75) is 45.1 Å². The van der Waals surface area contributed by atoms with Gasteiger partial charge in [0.2, 0.25) is 0 Å². The van der Waals surface area contributed by atoms with Gasteiger partial charge in [0.05, 0.1) is 12.7 Å². The number of carbonyl (C=O) groups excluding carboxylic acids is 1. The summed E-state index contributed by atoms with van der Waals surface area (Å²) in [4.78, 5) is 12.1. The van der Waals surface area contributed by atoms with Crippen molar-refractivity contribution < 1.29 is 18.7 Å². The molecule has 1 saturated carbocycles. The lowest BCUT2D eigenvalue weighted by Crippen LogP contribution is -2.30. The highest BCUT2D eigenvalue weighted by Gasteiger charge is 2.28. The van der Waals surface area contributed by atoms with E-state index < -0.39 is 11.8 Å². The summed E-state index contributed by atoms with van der Waals surface area (Å²) >= 11 is 0. The Morgan fingerprint density at radius 3 is 2.75 bits per heavy atom. The number of benzene rings is 1. The van der Waals surface area contributed by atoms with E-state index >= 15 is 0 Å². The highest BCUT2D eigenvalue weighted by atomic mass is 19.1. The van der Waals surface area contributed by atoms with E-state index in [2.05, 4.69) is 6.92 Å². The zero-order valence-electron chi connectivity index (χ0n) is 12.0. The second-order valence-corrected chi connectivity index (χ2v) is 5.24. The molecule has 0 aliphatic heterocycles. The summed E-state index contributed by atoms with van der Waals surface area (Å²) < 4.78 is 24.3. The van der Waals surface area contributed by atoms with Gasteiger partial charge in [-0.25, -0.2) is 9.18 Å². The molecular formula is C16H21FO3. The molecule has 2 unspecified atom stereocenters. The summed E-state index contributed by atoms with van der Waals surface area (Å²) in [5.74, 6) is -0.383. The van der Waals surface area contributed by atoms with Crippen molar-refractivity contribution in [2.75, 3.05) is 7.11 Å². The fourth-order valence-electron chi connectivity index (χ4n) is 2.79. The topological polar surface area (TPSA) is 35.5 Å². The van der Waals surface area contributed by atoms with Gasteiger partial charge in [0, 0.05) is 6.07 Å². The Morgan fingerprint density at radius 2 is 2.10 bits per heavy atom. The monoisotopic (exact) mass is 280 g/mol. The molecule has 1 aliphatic rings. The van der Waals surface area contributed by atoms with Crippen LogP contribution in [-0.4, -0.2) is 19.2 Å². The number of halogens is 1. The fraction of sp³-hybridized carbons (Fsp3) is 0.562. The first-order chi connectivity index (χ1) is 9.65. The van der Waals surface area contributed by atoms with Crippen molar-refractivity contribution in [1.29, 1.82) is 0 Å². The van der Waals surface area contributed by atoms with Crippen LogP contribution >= 0.6 is 0 Å². The minimum absolute atomic E-state index is 0.0220. The number of carbonyl (C=O) groups is 1. The number of ether oxygens (including phenoxy) is 2. The van der Waals surface area contributed by atoms with Gasteiger partial charge in [-0.3, -0.25) is 0 Å². The predicted molar refractivity (Wildman–Crippen MR) is 74.4 cm³/mol. The summed E-state index contributed by atoms with van der Waals surface area (Å²) in [6, 6.07) is 4.19. The smallest absolute Gasteiger partial charge is 0.341 e. The van der Waals surface area contributed by atoms with Gasteiger partial charge in [-0.1, -0.05) is 13.3 Å². The molecule has 0 bridgehead atoms. The Kier molecular flexibility index (Phi) is 4.99. The predicted octanol–water partition coefficient (Wildman–Crippen LogP) is 3.96. The van der Waals surface area contributed by atoms with Crippen molar-refractivity contribution in [3.8, 4) is 5.75 Å². The number of hydrogen-bond donors (Lipinski definition) is 0. The summed E-state index contributed by atoms with van der Waals surface area (Å²) in [6.07, 6.45) is 5.12. The average molecular weight is 280 g/mol. The van der Waals surface area contributed by atoms with Gasteiger partial charge < -0.3 is 9.47 Å². The standard InChI is InChI=1S/C16H21FO3/c1-3-11-6-4-5-7-15(11)20-16(18)13-9-8-12(19-2)10-14(13)17/h8-11,15H,3-7H2,1-2H3. The molecule has 1 aliphatic carbocycles. The molecule has 20 heavy (non-hydrogen) atoms. The maximum Gasteiger partial charge on any atom is 0.341 e. The van der Waals surface area contributed by atoms with Gasteiger partial charge in [0.25, 0.3) is 0 Å². The first-order valence-corrected chi connectivity index (χ1v) is 7.20. The van der Waals surface area contributed by atoms with E-state index in [4.69, 9.17) is 9.47 Å². The van der Waals surface area contributed by atoms with Gasteiger partial charge in [-0.2, -0.15) is 0 Å². The lowest BCUT2D eigenvalue weighted by atomic mass is 9.85. The highest BCUT2D eigenvalue weighted by molar-refractivity contribution is 5.90. The SMILES string of the molecule is CCC1CCCCC1OC(=O)c1ccc(OC)cc1F. The number of hydrogen-bond acceptors (Lipinski definition) is 3. The minimum atomic E-state index is -0.599. The molecule has 0 radical (unpaired) electrons. The van der Waals surface area contributed by atoms with Crippen molar-refractivity contribution in [3.05, 3.63) is 29.6 Å². The highest BCUT2D eigenvalue weighted by Crippen LogP contribution is 2.30. The quantitative estimate of drug-likeness (QED) is 0.783. The molecule has 2 atom stereocenters. The molecule has 0 saturated heterocycles. The van der Waals surface area contributed by atoms with Crippen LogP contribution in [0.3, 0.4) is 0 Å². The zero-order valence-corrected chi connectivity index (χ0v) is 12.0. The van der Waals surface area contributed by atoms with E-state index in [9.17, 15) is 9.18 Å². The molecule has 3 nitrogen and oxygen atoms in total. The van der Waals surface area contributed by atoms with Crippen molar-refractivity contribution in [1.82, 2.24) is 0 Å². The van der Waals surface area contributed by atoms with Gasteiger partial charge in [0.15, 0.2) is 0 Å². The third kappa shape index (κ3) is 3.30. The Bertz CT molecular complexity index is 473. The van der Waals surface area contributed by atoms with Gasteiger partial charge in [-0.05, 0) is 43.7 Å². The number of methoxy groups -OCH3 is 1. The average Bonchev–Trinajstić information content (AvgIpc) is 2.47. The Labute approximate surface area is 119 Å². The van der Waals surface area contributed by atoms with Crippen molar-refractivity contribution in [2.24, 2.45) is 5.92 Å². The molecule has 1 aromatic carbocycles. The van der Waals surface area contributed by atoms with Crippen molar-refractivity contribution in [3.63, 3.8) is 0 Å². The molecule has 0 amide bonds. The molecule has 1 aromatic rings. The Balaban J connectivity index is 2.07. The van der Waals surface area contributed by atoms with E-state index in [-0.39, 0.29) is 11.7 Å². The van der Waals surface area contributed by atoms with E-state index in [0.29, 0.717) is 11.7 Å². The molecule has 1 fully saturated rings. The largest absolute Gasteiger partial charge is 0.497 e. The zero-order chi connectivity index (χ0) is 14.5. The Morgan fingerprint density at radius 1 is 1.35 bits per heavy atom. The van der Waals surface area contributed by atoms with E-state index in [1.165, 1.54) is 25.7 Å². The minimum Gasteiger partial charge on any atom is -0.497 e. The number of rotatable bonds is 4. The lowest BCUT2D eigenvalue weighted by molar-refractivity contribution is 0.000274. The lowest BCUT2D eigenvalue weighted by Gasteiger charge is -2.30. The Hall–Kier alpha value is -1.58. The normalized spacial score (nSPS) is 22.4. The molecular weight excluding hydrogens is 259 g/mol. The van der Waals surface area contributed by atoms with Gasteiger partial charge in [-0.15, -0.1) is 0 Å². The van der Waals surface area contributed by atoms with E-state index in [0.717, 1.165) is 25.7 Å². The maximum atomic E-state index is 13.8. The molecule has 4 heteroatoms. The van der Waals surface area contributed by atoms with Crippen LogP contribution < -0.4 is 4.74 Å². The van der Waals surface area contributed by atoms with Crippen LogP contribution in [0.4, 0.5) is 4.39 Å². The summed E-state index contributed by atoms with van der Waals surface area (Å²) in [5, 5.41) is 0. The van der Waals surface area contributed by atoms with Crippen molar-refractivity contribution >= 4 is 5.97 Å². The van der Waals surface area contributed by atoms with Gasteiger partial charge >= 0.3 is 5.97 Å². The molecule has 0 heterocycles.